The minimum atomic E-state index is 0.441. The zero-order valence-corrected chi connectivity index (χ0v) is 13.0. The maximum absolute atomic E-state index is 5.44. The molecule has 0 heterocycles. The van der Waals surface area contributed by atoms with E-state index in [0.717, 1.165) is 6.54 Å². The average Bonchev–Trinajstić information content (AvgIpc) is 2.49. The van der Waals surface area contributed by atoms with Crippen molar-refractivity contribution >= 4 is 0 Å². The molecule has 112 valence electrons. The van der Waals surface area contributed by atoms with Crippen LogP contribution in [-0.2, 0) is 4.74 Å². The summed E-state index contributed by atoms with van der Waals surface area (Å²) in [5.74, 6) is 0. The molecule has 1 unspecified atom stereocenters. The third kappa shape index (κ3) is 4.30. The van der Waals surface area contributed by atoms with Crippen LogP contribution in [0.2, 0.25) is 0 Å². The van der Waals surface area contributed by atoms with Gasteiger partial charge in [0, 0.05) is 25.7 Å². The SMILES string of the molecule is COC1CCC(NCC(c2ccccc2)N(C)C)CC1. The van der Waals surface area contributed by atoms with Gasteiger partial charge < -0.3 is 15.0 Å². The monoisotopic (exact) mass is 276 g/mol. The molecule has 3 nitrogen and oxygen atoms in total. The Labute approximate surface area is 123 Å². The number of hydrogen-bond acceptors (Lipinski definition) is 3. The number of nitrogens with zero attached hydrogens (tertiary/aromatic N) is 1. The van der Waals surface area contributed by atoms with E-state index in [9.17, 15) is 0 Å². The van der Waals surface area contributed by atoms with Gasteiger partial charge in [0.2, 0.25) is 0 Å². The van der Waals surface area contributed by atoms with E-state index >= 15 is 0 Å². The molecule has 0 bridgehead atoms. The Balaban J connectivity index is 1.84. The molecule has 1 atom stereocenters. The van der Waals surface area contributed by atoms with Crippen molar-refractivity contribution in [1.82, 2.24) is 10.2 Å². The molecule has 0 saturated heterocycles. The van der Waals surface area contributed by atoms with Crippen molar-refractivity contribution < 1.29 is 4.74 Å². The van der Waals surface area contributed by atoms with E-state index in [0.29, 0.717) is 18.2 Å². The van der Waals surface area contributed by atoms with Gasteiger partial charge in [-0.25, -0.2) is 0 Å². The van der Waals surface area contributed by atoms with Gasteiger partial charge >= 0.3 is 0 Å². The van der Waals surface area contributed by atoms with Crippen LogP contribution in [0, 0.1) is 0 Å². The average molecular weight is 276 g/mol. The van der Waals surface area contributed by atoms with Crippen molar-refractivity contribution in [3.63, 3.8) is 0 Å². The molecule has 1 N–H and O–H groups in total. The number of ether oxygens (including phenoxy) is 1. The summed E-state index contributed by atoms with van der Waals surface area (Å²) in [7, 11) is 6.14. The fourth-order valence-corrected chi connectivity index (χ4v) is 3.05. The molecular weight excluding hydrogens is 248 g/mol. The summed E-state index contributed by atoms with van der Waals surface area (Å²) >= 11 is 0. The molecule has 20 heavy (non-hydrogen) atoms. The lowest BCUT2D eigenvalue weighted by atomic mass is 9.92. The zero-order valence-electron chi connectivity index (χ0n) is 13.0. The molecule has 0 aliphatic heterocycles. The standard InChI is InChI=1S/C17H28N2O/c1-19(2)17(14-7-5-4-6-8-14)13-18-15-9-11-16(20-3)12-10-15/h4-8,15-18H,9-13H2,1-3H3. The first-order valence-corrected chi connectivity index (χ1v) is 7.68. The Morgan fingerprint density at radius 2 is 1.80 bits per heavy atom. The largest absolute Gasteiger partial charge is 0.381 e. The maximum Gasteiger partial charge on any atom is 0.0572 e. The molecule has 1 aliphatic carbocycles. The van der Waals surface area contributed by atoms with Gasteiger partial charge in [-0.15, -0.1) is 0 Å². The van der Waals surface area contributed by atoms with Crippen LogP contribution >= 0.6 is 0 Å². The number of hydrogen-bond donors (Lipinski definition) is 1. The number of benzene rings is 1. The van der Waals surface area contributed by atoms with Gasteiger partial charge in [0.25, 0.3) is 0 Å². The molecule has 3 heteroatoms. The second kappa shape index (κ2) is 7.77. The first-order chi connectivity index (χ1) is 9.70. The van der Waals surface area contributed by atoms with Crippen molar-refractivity contribution in [2.75, 3.05) is 27.7 Å². The third-order valence-corrected chi connectivity index (χ3v) is 4.42. The van der Waals surface area contributed by atoms with E-state index in [1.807, 2.05) is 7.11 Å². The highest BCUT2D eigenvalue weighted by molar-refractivity contribution is 5.19. The van der Waals surface area contributed by atoms with E-state index in [-0.39, 0.29) is 0 Å². The molecule has 2 rings (SSSR count). The highest BCUT2D eigenvalue weighted by Crippen LogP contribution is 2.22. The minimum Gasteiger partial charge on any atom is -0.381 e. The number of likely N-dealkylation sites (N-methyl/N-ethyl adjacent to an activating group) is 1. The van der Waals surface area contributed by atoms with Gasteiger partial charge in [0.1, 0.15) is 0 Å². The van der Waals surface area contributed by atoms with Crippen LogP contribution in [0.15, 0.2) is 30.3 Å². The van der Waals surface area contributed by atoms with Crippen LogP contribution < -0.4 is 5.32 Å². The summed E-state index contributed by atoms with van der Waals surface area (Å²) in [6.07, 6.45) is 5.31. The molecule has 1 saturated carbocycles. The second-order valence-corrected chi connectivity index (χ2v) is 6.01. The van der Waals surface area contributed by atoms with Crippen LogP contribution in [-0.4, -0.2) is 44.8 Å². The van der Waals surface area contributed by atoms with Crippen molar-refractivity contribution in [2.24, 2.45) is 0 Å². The van der Waals surface area contributed by atoms with E-state index < -0.39 is 0 Å². The summed E-state index contributed by atoms with van der Waals surface area (Å²) in [6.45, 7) is 1.01. The second-order valence-electron chi connectivity index (χ2n) is 6.01. The molecule has 0 aromatic heterocycles. The van der Waals surface area contributed by atoms with E-state index in [2.05, 4.69) is 54.6 Å². The first kappa shape index (κ1) is 15.5. The Kier molecular flexibility index (Phi) is 6.02. The van der Waals surface area contributed by atoms with Gasteiger partial charge in [0.05, 0.1) is 6.10 Å². The maximum atomic E-state index is 5.44. The minimum absolute atomic E-state index is 0.441. The van der Waals surface area contributed by atoms with Crippen LogP contribution in [0.1, 0.15) is 37.3 Å². The first-order valence-electron chi connectivity index (χ1n) is 7.68. The van der Waals surface area contributed by atoms with Crippen LogP contribution in [0.3, 0.4) is 0 Å². The molecule has 1 aliphatic rings. The van der Waals surface area contributed by atoms with Gasteiger partial charge in [-0.05, 0) is 45.3 Å². The Bertz CT molecular complexity index is 372. The van der Waals surface area contributed by atoms with Crippen molar-refractivity contribution in [3.8, 4) is 0 Å². The molecule has 1 fully saturated rings. The molecule has 0 spiro atoms. The molecule has 0 amide bonds. The number of methoxy groups -OCH3 is 1. The molecule has 1 aromatic rings. The van der Waals surface area contributed by atoms with Crippen molar-refractivity contribution in [1.29, 1.82) is 0 Å². The fourth-order valence-electron chi connectivity index (χ4n) is 3.05. The van der Waals surface area contributed by atoms with E-state index in [1.54, 1.807) is 0 Å². The Hall–Kier alpha value is -0.900. The summed E-state index contributed by atoms with van der Waals surface area (Å²) in [4.78, 5) is 2.29. The van der Waals surface area contributed by atoms with Gasteiger partial charge in [-0.2, -0.15) is 0 Å². The van der Waals surface area contributed by atoms with Crippen LogP contribution in [0.4, 0.5) is 0 Å². The summed E-state index contributed by atoms with van der Waals surface area (Å²) in [6, 6.07) is 11.8. The fraction of sp³-hybridized carbons (Fsp3) is 0.647. The van der Waals surface area contributed by atoms with Gasteiger partial charge in [-0.3, -0.25) is 0 Å². The number of nitrogens with one attached hydrogen (secondary N) is 1. The predicted molar refractivity (Wildman–Crippen MR) is 83.9 cm³/mol. The smallest absolute Gasteiger partial charge is 0.0572 e. The number of rotatable bonds is 6. The van der Waals surface area contributed by atoms with E-state index in [1.165, 1.54) is 31.2 Å². The molecule has 0 radical (unpaired) electrons. The lowest BCUT2D eigenvalue weighted by molar-refractivity contribution is 0.0617. The van der Waals surface area contributed by atoms with Crippen LogP contribution in [0.5, 0.6) is 0 Å². The highest BCUT2D eigenvalue weighted by atomic mass is 16.5. The lowest BCUT2D eigenvalue weighted by Gasteiger charge is -2.31. The van der Waals surface area contributed by atoms with Crippen molar-refractivity contribution in [3.05, 3.63) is 35.9 Å². The quantitative estimate of drug-likeness (QED) is 0.864. The Morgan fingerprint density at radius 1 is 1.15 bits per heavy atom. The molecule has 1 aromatic carbocycles. The van der Waals surface area contributed by atoms with Gasteiger partial charge in [0.15, 0.2) is 0 Å². The summed E-state index contributed by atoms with van der Waals surface area (Å²) in [5.41, 5.74) is 1.38. The molecular formula is C17H28N2O. The van der Waals surface area contributed by atoms with E-state index in [4.69, 9.17) is 4.74 Å². The normalized spacial score (nSPS) is 24.8. The predicted octanol–water partition coefficient (Wildman–Crippen LogP) is 2.84. The topological polar surface area (TPSA) is 24.5 Å². The Morgan fingerprint density at radius 3 is 2.35 bits per heavy atom. The van der Waals surface area contributed by atoms with Crippen molar-refractivity contribution in [2.45, 2.75) is 43.9 Å². The summed E-state index contributed by atoms with van der Waals surface area (Å²) < 4.78 is 5.44. The van der Waals surface area contributed by atoms with Crippen LogP contribution in [0.25, 0.3) is 0 Å². The summed E-state index contributed by atoms with van der Waals surface area (Å²) in [5, 5.41) is 3.75. The zero-order chi connectivity index (χ0) is 14.4. The van der Waals surface area contributed by atoms with Gasteiger partial charge in [-0.1, -0.05) is 30.3 Å². The highest BCUT2D eigenvalue weighted by Gasteiger charge is 2.22. The third-order valence-electron chi connectivity index (χ3n) is 4.42. The lowest BCUT2D eigenvalue weighted by Crippen LogP contribution is -2.40.